The first-order valence-corrected chi connectivity index (χ1v) is 9.99. The molecule has 0 unspecified atom stereocenters. The first-order valence-electron chi connectivity index (χ1n) is 9.99. The van der Waals surface area contributed by atoms with Gasteiger partial charge in [0.1, 0.15) is 5.75 Å². The number of ether oxygens (including phenoxy) is 1. The summed E-state index contributed by atoms with van der Waals surface area (Å²) >= 11 is 0. The SMILES string of the molecule is C=CC(=O)NCc1cc(-c2ccc(OC(F)(F)F)cc2)c(C)c(N(CC#CC)C(F)F)c1CO. The van der Waals surface area contributed by atoms with Crippen molar-refractivity contribution in [3.63, 3.8) is 0 Å². The summed E-state index contributed by atoms with van der Waals surface area (Å²) in [5.41, 5.74) is 1.73. The van der Waals surface area contributed by atoms with Crippen LogP contribution in [0.25, 0.3) is 11.1 Å². The molecule has 2 N–H and O–H groups in total. The van der Waals surface area contributed by atoms with Gasteiger partial charge >= 0.3 is 12.9 Å². The Morgan fingerprint density at radius 3 is 2.44 bits per heavy atom. The minimum Gasteiger partial charge on any atom is -0.406 e. The van der Waals surface area contributed by atoms with Crippen LogP contribution < -0.4 is 15.0 Å². The lowest BCUT2D eigenvalue weighted by atomic mass is 9.91. The van der Waals surface area contributed by atoms with Crippen LogP contribution in [0.15, 0.2) is 43.0 Å². The van der Waals surface area contributed by atoms with Gasteiger partial charge in [-0.3, -0.25) is 4.79 Å². The number of nitrogens with one attached hydrogen (secondary N) is 1. The zero-order valence-corrected chi connectivity index (χ0v) is 18.5. The van der Waals surface area contributed by atoms with Gasteiger partial charge in [0.2, 0.25) is 5.91 Å². The summed E-state index contributed by atoms with van der Waals surface area (Å²) in [5, 5.41) is 12.6. The Morgan fingerprint density at radius 1 is 1.29 bits per heavy atom. The summed E-state index contributed by atoms with van der Waals surface area (Å²) in [6, 6.07) is 6.51. The fraction of sp³-hybridized carbons (Fsp3) is 0.292. The fourth-order valence-corrected chi connectivity index (χ4v) is 3.40. The molecule has 0 spiro atoms. The van der Waals surface area contributed by atoms with E-state index in [-0.39, 0.29) is 24.3 Å². The zero-order chi connectivity index (χ0) is 25.5. The number of carbonyl (C=O) groups is 1. The van der Waals surface area contributed by atoms with Crippen LogP contribution >= 0.6 is 0 Å². The highest BCUT2D eigenvalue weighted by Gasteiger charge is 2.31. The van der Waals surface area contributed by atoms with Crippen molar-refractivity contribution in [1.82, 2.24) is 5.32 Å². The molecule has 2 rings (SSSR count). The maximum Gasteiger partial charge on any atom is 0.573 e. The van der Waals surface area contributed by atoms with Crippen molar-refractivity contribution in [2.24, 2.45) is 0 Å². The predicted molar refractivity (Wildman–Crippen MR) is 118 cm³/mol. The summed E-state index contributed by atoms with van der Waals surface area (Å²) in [5.74, 6) is 4.19. The molecule has 1 amide bonds. The number of hydrogen-bond donors (Lipinski definition) is 2. The van der Waals surface area contributed by atoms with E-state index >= 15 is 0 Å². The lowest BCUT2D eigenvalue weighted by Crippen LogP contribution is -2.32. The average Bonchev–Trinajstić information content (AvgIpc) is 2.78. The van der Waals surface area contributed by atoms with Crippen LogP contribution in [-0.2, 0) is 17.9 Å². The number of anilines is 1. The highest BCUT2D eigenvalue weighted by molar-refractivity contribution is 5.87. The summed E-state index contributed by atoms with van der Waals surface area (Å²) in [7, 11) is 0. The Morgan fingerprint density at radius 2 is 1.94 bits per heavy atom. The highest BCUT2D eigenvalue weighted by atomic mass is 19.4. The fourth-order valence-electron chi connectivity index (χ4n) is 3.40. The molecule has 0 aliphatic rings. The number of alkyl halides is 5. The van der Waals surface area contributed by atoms with Crippen LogP contribution in [0.1, 0.15) is 23.6 Å². The van der Waals surface area contributed by atoms with Crippen molar-refractivity contribution in [3.05, 3.63) is 59.7 Å². The minimum atomic E-state index is -4.86. The van der Waals surface area contributed by atoms with Gasteiger partial charge in [-0.25, -0.2) is 0 Å². The molecule has 34 heavy (non-hydrogen) atoms. The molecular formula is C24H23F5N2O3. The van der Waals surface area contributed by atoms with Gasteiger partial charge in [0.15, 0.2) is 0 Å². The second-order valence-electron chi connectivity index (χ2n) is 7.02. The first kappa shape index (κ1) is 26.7. The van der Waals surface area contributed by atoms with E-state index in [4.69, 9.17) is 0 Å². The Balaban J connectivity index is 2.70. The number of aliphatic hydroxyl groups excluding tert-OH is 1. The molecule has 0 saturated heterocycles. The quantitative estimate of drug-likeness (QED) is 0.231. The third-order valence-electron chi connectivity index (χ3n) is 4.90. The van der Waals surface area contributed by atoms with Crippen molar-refractivity contribution < 1.29 is 36.6 Å². The Kier molecular flexibility index (Phi) is 9.04. The molecule has 0 atom stereocenters. The third kappa shape index (κ3) is 6.71. The highest BCUT2D eigenvalue weighted by Crippen LogP contribution is 2.38. The molecule has 0 aromatic heterocycles. The van der Waals surface area contributed by atoms with Crippen molar-refractivity contribution in [3.8, 4) is 28.7 Å². The van der Waals surface area contributed by atoms with Crippen molar-refractivity contribution in [1.29, 1.82) is 0 Å². The first-order chi connectivity index (χ1) is 16.0. The molecule has 182 valence electrons. The molecule has 0 saturated carbocycles. The van der Waals surface area contributed by atoms with Gasteiger partial charge in [0.05, 0.1) is 18.8 Å². The topological polar surface area (TPSA) is 61.8 Å². The van der Waals surface area contributed by atoms with Crippen molar-refractivity contribution in [2.75, 3.05) is 11.4 Å². The third-order valence-corrected chi connectivity index (χ3v) is 4.90. The van der Waals surface area contributed by atoms with Crippen molar-refractivity contribution in [2.45, 2.75) is 39.9 Å². The second kappa shape index (κ2) is 11.5. The van der Waals surface area contributed by atoms with Crippen LogP contribution in [-0.4, -0.2) is 30.5 Å². The normalized spacial score (nSPS) is 11.0. The number of halogens is 5. The van der Waals surface area contributed by atoms with E-state index in [2.05, 4.69) is 28.5 Å². The molecule has 0 aliphatic carbocycles. The molecule has 5 nitrogen and oxygen atoms in total. The number of rotatable bonds is 9. The minimum absolute atomic E-state index is 0.0243. The van der Waals surface area contributed by atoms with Crippen molar-refractivity contribution >= 4 is 11.6 Å². The molecular weight excluding hydrogens is 459 g/mol. The van der Waals surface area contributed by atoms with Gasteiger partial charge in [-0.2, -0.15) is 8.78 Å². The lowest BCUT2D eigenvalue weighted by Gasteiger charge is -2.29. The Labute approximate surface area is 193 Å². The molecule has 10 heteroatoms. The zero-order valence-electron chi connectivity index (χ0n) is 18.5. The molecule has 0 fully saturated rings. The number of amides is 1. The van der Waals surface area contributed by atoms with Gasteiger partial charge in [-0.1, -0.05) is 24.6 Å². The van der Waals surface area contributed by atoms with E-state index < -0.39 is 31.2 Å². The summed E-state index contributed by atoms with van der Waals surface area (Å²) in [6.07, 6.45) is -3.82. The van der Waals surface area contributed by atoms with Gasteiger partial charge in [0, 0.05) is 12.1 Å². The molecule has 0 bridgehead atoms. The van der Waals surface area contributed by atoms with E-state index in [0.29, 0.717) is 22.3 Å². The number of hydrogen-bond acceptors (Lipinski definition) is 4. The van der Waals surface area contributed by atoms with Crippen LogP contribution in [0.5, 0.6) is 5.75 Å². The van der Waals surface area contributed by atoms with Crippen LogP contribution in [0, 0.1) is 18.8 Å². The van der Waals surface area contributed by atoms with E-state index in [1.54, 1.807) is 13.0 Å². The second-order valence-corrected chi connectivity index (χ2v) is 7.02. The molecule has 2 aromatic rings. The average molecular weight is 482 g/mol. The van der Waals surface area contributed by atoms with E-state index in [0.717, 1.165) is 23.1 Å². The smallest absolute Gasteiger partial charge is 0.406 e. The Bertz CT molecular complexity index is 1090. The van der Waals surface area contributed by atoms with Crippen LogP contribution in [0.4, 0.5) is 27.6 Å². The number of carbonyl (C=O) groups excluding carboxylic acids is 1. The number of nitrogens with zero attached hydrogens (tertiary/aromatic N) is 1. The Hall–Kier alpha value is -3.58. The maximum absolute atomic E-state index is 14.0. The van der Waals surface area contributed by atoms with Gasteiger partial charge in [0.25, 0.3) is 0 Å². The molecule has 2 aromatic carbocycles. The summed E-state index contributed by atoms with van der Waals surface area (Å²) < 4.78 is 69.4. The van der Waals surface area contributed by atoms with E-state index in [1.807, 2.05) is 0 Å². The lowest BCUT2D eigenvalue weighted by molar-refractivity contribution is -0.274. The number of aliphatic hydroxyl groups is 1. The molecule has 0 heterocycles. The largest absolute Gasteiger partial charge is 0.573 e. The molecule has 0 radical (unpaired) electrons. The van der Waals surface area contributed by atoms with Gasteiger partial charge in [-0.15, -0.1) is 19.1 Å². The van der Waals surface area contributed by atoms with Gasteiger partial charge < -0.3 is 20.1 Å². The summed E-state index contributed by atoms with van der Waals surface area (Å²) in [4.78, 5) is 12.4. The monoisotopic (exact) mass is 482 g/mol. The maximum atomic E-state index is 14.0. The molecule has 0 aliphatic heterocycles. The summed E-state index contributed by atoms with van der Waals surface area (Å²) in [6.45, 7) is 2.42. The standard InChI is InChI=1S/C24H23F5N2O3/c1-4-6-11-31(23(25)26)22-15(3)19(12-17(20(22)14-32)13-30-21(33)5-2)16-7-9-18(10-8-16)34-24(27,28)29/h5,7-10,12,23,32H,2,11,13-14H2,1,3H3,(H,30,33). The van der Waals surface area contributed by atoms with E-state index in [9.17, 15) is 31.9 Å². The van der Waals surface area contributed by atoms with E-state index in [1.165, 1.54) is 19.1 Å². The number of benzene rings is 2. The van der Waals surface area contributed by atoms with Crippen LogP contribution in [0.3, 0.4) is 0 Å². The predicted octanol–water partition coefficient (Wildman–Crippen LogP) is 4.91. The van der Waals surface area contributed by atoms with Gasteiger partial charge in [-0.05, 0) is 60.4 Å². The van der Waals surface area contributed by atoms with Crippen LogP contribution in [0.2, 0.25) is 0 Å².